The van der Waals surface area contributed by atoms with E-state index in [0.29, 0.717) is 5.76 Å². The molecular formula is C22H16F3N3O3. The van der Waals surface area contributed by atoms with Crippen LogP contribution >= 0.6 is 0 Å². The fourth-order valence-electron chi connectivity index (χ4n) is 2.90. The average molecular weight is 427 g/mol. The van der Waals surface area contributed by atoms with E-state index in [9.17, 15) is 22.8 Å². The molecule has 0 spiro atoms. The van der Waals surface area contributed by atoms with Crippen LogP contribution in [0.1, 0.15) is 27.2 Å². The Morgan fingerprint density at radius 1 is 1.06 bits per heavy atom. The lowest BCUT2D eigenvalue weighted by Gasteiger charge is -2.22. The van der Waals surface area contributed by atoms with Crippen molar-refractivity contribution < 1.29 is 27.2 Å². The summed E-state index contributed by atoms with van der Waals surface area (Å²) >= 11 is 0. The van der Waals surface area contributed by atoms with E-state index in [0.717, 1.165) is 17.0 Å². The van der Waals surface area contributed by atoms with Crippen molar-refractivity contribution in [2.24, 2.45) is 0 Å². The van der Waals surface area contributed by atoms with Crippen LogP contribution < -0.4 is 5.32 Å². The predicted octanol–water partition coefficient (Wildman–Crippen LogP) is 4.45. The van der Waals surface area contributed by atoms with Gasteiger partial charge in [0.05, 0.1) is 35.7 Å². The standard InChI is InChI=1S/C22H16F3N3O3/c23-22(24,25)18-8-1-2-9-19(18)27-20(29)14-28(13-17-7-4-10-31-17)21(30)16-6-3-5-15(11-16)12-26/h1-11H,13-14H2,(H,27,29). The zero-order valence-electron chi connectivity index (χ0n) is 16.0. The summed E-state index contributed by atoms with van der Waals surface area (Å²) in [5.74, 6) is -1.01. The molecule has 3 rings (SSSR count). The van der Waals surface area contributed by atoms with Crippen LogP contribution in [0, 0.1) is 11.3 Å². The van der Waals surface area contributed by atoms with Gasteiger partial charge in [0.25, 0.3) is 5.91 Å². The maximum absolute atomic E-state index is 13.2. The van der Waals surface area contributed by atoms with Crippen molar-refractivity contribution in [1.82, 2.24) is 4.90 Å². The van der Waals surface area contributed by atoms with Gasteiger partial charge in [0.1, 0.15) is 12.3 Å². The number of para-hydroxylation sites is 1. The Morgan fingerprint density at radius 2 is 1.84 bits per heavy atom. The van der Waals surface area contributed by atoms with Crippen LogP contribution in [0.2, 0.25) is 0 Å². The molecule has 1 heterocycles. The predicted molar refractivity (Wildman–Crippen MR) is 105 cm³/mol. The lowest BCUT2D eigenvalue weighted by molar-refractivity contribution is -0.137. The summed E-state index contributed by atoms with van der Waals surface area (Å²) in [5.41, 5.74) is -0.979. The van der Waals surface area contributed by atoms with E-state index in [1.54, 1.807) is 12.1 Å². The van der Waals surface area contributed by atoms with E-state index in [1.165, 1.54) is 42.7 Å². The Morgan fingerprint density at radius 3 is 2.52 bits per heavy atom. The number of rotatable bonds is 6. The molecule has 0 bridgehead atoms. The number of alkyl halides is 3. The number of carbonyl (C=O) groups is 2. The molecule has 0 fully saturated rings. The normalized spacial score (nSPS) is 10.9. The number of hydrogen-bond donors (Lipinski definition) is 1. The Labute approximate surface area is 175 Å². The van der Waals surface area contributed by atoms with Crippen molar-refractivity contribution in [2.75, 3.05) is 11.9 Å². The molecule has 9 heteroatoms. The molecular weight excluding hydrogens is 411 g/mol. The van der Waals surface area contributed by atoms with Crippen LogP contribution in [-0.4, -0.2) is 23.3 Å². The molecule has 1 aromatic heterocycles. The second-order valence-electron chi connectivity index (χ2n) is 6.52. The van der Waals surface area contributed by atoms with E-state index in [2.05, 4.69) is 5.32 Å². The molecule has 31 heavy (non-hydrogen) atoms. The van der Waals surface area contributed by atoms with E-state index in [-0.39, 0.29) is 17.7 Å². The Balaban J connectivity index is 1.83. The smallest absolute Gasteiger partial charge is 0.418 e. The molecule has 3 aromatic rings. The van der Waals surface area contributed by atoms with Gasteiger partial charge in [-0.05, 0) is 42.5 Å². The minimum atomic E-state index is -4.65. The van der Waals surface area contributed by atoms with Gasteiger partial charge >= 0.3 is 6.18 Å². The number of anilines is 1. The highest BCUT2D eigenvalue weighted by atomic mass is 19.4. The number of nitrogens with one attached hydrogen (secondary N) is 1. The summed E-state index contributed by atoms with van der Waals surface area (Å²) in [7, 11) is 0. The largest absolute Gasteiger partial charge is 0.467 e. The molecule has 0 unspecified atom stereocenters. The summed E-state index contributed by atoms with van der Waals surface area (Å²) in [5, 5.41) is 11.3. The monoisotopic (exact) mass is 427 g/mol. The quantitative estimate of drug-likeness (QED) is 0.630. The van der Waals surface area contributed by atoms with Crippen LogP contribution in [-0.2, 0) is 17.5 Å². The minimum Gasteiger partial charge on any atom is -0.467 e. The topological polar surface area (TPSA) is 86.3 Å². The number of furan rings is 1. The van der Waals surface area contributed by atoms with Crippen molar-refractivity contribution in [2.45, 2.75) is 12.7 Å². The van der Waals surface area contributed by atoms with Gasteiger partial charge in [-0.3, -0.25) is 9.59 Å². The number of nitrogens with zero attached hydrogens (tertiary/aromatic N) is 2. The fourth-order valence-corrected chi connectivity index (χ4v) is 2.90. The molecule has 0 saturated carbocycles. The van der Waals surface area contributed by atoms with Gasteiger partial charge in [0.2, 0.25) is 5.91 Å². The lowest BCUT2D eigenvalue weighted by Crippen LogP contribution is -2.37. The number of nitriles is 1. The van der Waals surface area contributed by atoms with Gasteiger partial charge in [-0.15, -0.1) is 0 Å². The molecule has 6 nitrogen and oxygen atoms in total. The first-order valence-corrected chi connectivity index (χ1v) is 9.06. The van der Waals surface area contributed by atoms with Gasteiger partial charge in [-0.1, -0.05) is 18.2 Å². The van der Waals surface area contributed by atoms with Gasteiger partial charge in [-0.2, -0.15) is 18.4 Å². The summed E-state index contributed by atoms with van der Waals surface area (Å²) in [6.07, 6.45) is -3.25. The first kappa shape index (κ1) is 21.6. The van der Waals surface area contributed by atoms with Crippen LogP contribution in [0.5, 0.6) is 0 Å². The number of carbonyl (C=O) groups excluding carboxylic acids is 2. The summed E-state index contributed by atoms with van der Waals surface area (Å²) in [6.45, 7) is -0.612. The maximum Gasteiger partial charge on any atom is 0.418 e. The highest BCUT2D eigenvalue weighted by molar-refractivity contribution is 5.99. The van der Waals surface area contributed by atoms with Crippen LogP contribution in [0.4, 0.5) is 18.9 Å². The second kappa shape index (κ2) is 9.17. The summed E-state index contributed by atoms with van der Waals surface area (Å²) < 4.78 is 44.8. The number of amides is 2. The molecule has 1 N–H and O–H groups in total. The molecule has 2 aromatic carbocycles. The van der Waals surface area contributed by atoms with E-state index >= 15 is 0 Å². The third kappa shape index (κ3) is 5.51. The number of benzene rings is 2. The molecule has 0 aliphatic rings. The molecule has 0 aliphatic carbocycles. The fraction of sp³-hybridized carbons (Fsp3) is 0.136. The SMILES string of the molecule is N#Cc1cccc(C(=O)N(CC(=O)Nc2ccccc2C(F)(F)F)Cc2ccco2)c1. The molecule has 0 radical (unpaired) electrons. The van der Waals surface area contributed by atoms with Crippen molar-refractivity contribution in [1.29, 1.82) is 5.26 Å². The number of hydrogen-bond acceptors (Lipinski definition) is 4. The molecule has 0 atom stereocenters. The van der Waals surface area contributed by atoms with Crippen LogP contribution in [0.25, 0.3) is 0 Å². The lowest BCUT2D eigenvalue weighted by atomic mass is 10.1. The third-order valence-electron chi connectivity index (χ3n) is 4.29. The number of halogens is 3. The Kier molecular flexibility index (Phi) is 6.40. The van der Waals surface area contributed by atoms with Crippen LogP contribution in [0.15, 0.2) is 71.3 Å². The van der Waals surface area contributed by atoms with Gasteiger partial charge in [-0.25, -0.2) is 0 Å². The first-order chi connectivity index (χ1) is 14.8. The highest BCUT2D eigenvalue weighted by Crippen LogP contribution is 2.34. The van der Waals surface area contributed by atoms with E-state index < -0.39 is 35.8 Å². The maximum atomic E-state index is 13.2. The molecule has 2 amide bonds. The summed E-state index contributed by atoms with van der Waals surface area (Å²) in [4.78, 5) is 26.6. The van der Waals surface area contributed by atoms with Gasteiger partial charge < -0.3 is 14.6 Å². The molecule has 0 saturated heterocycles. The average Bonchev–Trinajstić information content (AvgIpc) is 3.25. The highest BCUT2D eigenvalue weighted by Gasteiger charge is 2.33. The van der Waals surface area contributed by atoms with Gasteiger partial charge in [0, 0.05) is 5.56 Å². The van der Waals surface area contributed by atoms with Crippen molar-refractivity contribution in [3.05, 3.63) is 89.4 Å². The van der Waals surface area contributed by atoms with Crippen molar-refractivity contribution >= 4 is 17.5 Å². The van der Waals surface area contributed by atoms with Crippen molar-refractivity contribution in [3.63, 3.8) is 0 Å². The summed E-state index contributed by atoms with van der Waals surface area (Å²) in [6, 6.07) is 15.6. The third-order valence-corrected chi connectivity index (χ3v) is 4.29. The first-order valence-electron chi connectivity index (χ1n) is 9.06. The Bertz CT molecular complexity index is 1120. The zero-order chi connectivity index (χ0) is 22.4. The molecule has 158 valence electrons. The van der Waals surface area contributed by atoms with E-state index in [4.69, 9.17) is 9.68 Å². The van der Waals surface area contributed by atoms with E-state index in [1.807, 2.05) is 6.07 Å². The zero-order valence-corrected chi connectivity index (χ0v) is 16.0. The second-order valence-corrected chi connectivity index (χ2v) is 6.52. The Hall–Kier alpha value is -4.06. The minimum absolute atomic E-state index is 0.0864. The van der Waals surface area contributed by atoms with Crippen molar-refractivity contribution in [3.8, 4) is 6.07 Å². The molecule has 0 aliphatic heterocycles. The van der Waals surface area contributed by atoms with Crippen LogP contribution in [0.3, 0.4) is 0 Å². The van der Waals surface area contributed by atoms with Gasteiger partial charge in [0.15, 0.2) is 0 Å².